The Morgan fingerprint density at radius 2 is 2.10 bits per heavy atom. The lowest BCUT2D eigenvalue weighted by molar-refractivity contribution is 0.0992. The van der Waals surface area contributed by atoms with Crippen LogP contribution in [0.5, 0.6) is 0 Å². The first kappa shape index (κ1) is 13.5. The van der Waals surface area contributed by atoms with E-state index in [1.165, 1.54) is 11.3 Å². The van der Waals surface area contributed by atoms with Crippen molar-refractivity contribution < 1.29 is 9.21 Å². The predicted molar refractivity (Wildman–Crippen MR) is 79.9 cm³/mol. The highest BCUT2D eigenvalue weighted by molar-refractivity contribution is 7.07. The van der Waals surface area contributed by atoms with E-state index in [-0.39, 0.29) is 5.69 Å². The molecule has 2 heterocycles. The molecule has 0 N–H and O–H groups in total. The van der Waals surface area contributed by atoms with Crippen LogP contribution < -0.4 is 4.80 Å². The molecule has 0 saturated heterocycles. The van der Waals surface area contributed by atoms with Crippen molar-refractivity contribution in [2.75, 3.05) is 0 Å². The van der Waals surface area contributed by atoms with Gasteiger partial charge in [0, 0.05) is 24.2 Å². The number of carbonyl (C=O) groups excluding carboxylic acids is 1. The van der Waals surface area contributed by atoms with Gasteiger partial charge in [-0.2, -0.15) is 4.99 Å². The third-order valence-electron chi connectivity index (χ3n) is 2.98. The van der Waals surface area contributed by atoms with Crippen molar-refractivity contribution in [1.29, 1.82) is 0 Å². The second-order valence-corrected chi connectivity index (χ2v) is 5.38. The second kappa shape index (κ2) is 5.49. The predicted octanol–water partition coefficient (Wildman–Crippen LogP) is 2.79. The lowest BCUT2D eigenvalue weighted by Crippen LogP contribution is -2.13. The lowest BCUT2D eigenvalue weighted by atomic mass is 10.2. The molecule has 1 amide bonds. The number of aryl methyl sites for hydroxylation is 2. The van der Waals surface area contributed by atoms with Gasteiger partial charge in [-0.15, -0.1) is 11.3 Å². The van der Waals surface area contributed by atoms with E-state index in [9.17, 15) is 4.79 Å². The van der Waals surface area contributed by atoms with E-state index < -0.39 is 5.91 Å². The second-order valence-electron chi connectivity index (χ2n) is 4.50. The molecule has 21 heavy (non-hydrogen) atoms. The quantitative estimate of drug-likeness (QED) is 0.731. The lowest BCUT2D eigenvalue weighted by Gasteiger charge is -1.92. The minimum absolute atomic E-state index is 0.252. The van der Waals surface area contributed by atoms with Crippen molar-refractivity contribution in [3.05, 3.63) is 58.2 Å². The molecule has 0 unspecified atom stereocenters. The van der Waals surface area contributed by atoms with Gasteiger partial charge in [-0.25, -0.2) is 4.98 Å². The van der Waals surface area contributed by atoms with Crippen LogP contribution in [0.2, 0.25) is 0 Å². The summed E-state index contributed by atoms with van der Waals surface area (Å²) in [4.78, 5) is 21.2. The first-order valence-corrected chi connectivity index (χ1v) is 7.25. The number of benzene rings is 1. The molecular formula is C15H13N3O2S. The normalized spacial score (nSPS) is 11.8. The molecule has 106 valence electrons. The van der Waals surface area contributed by atoms with E-state index in [1.807, 2.05) is 49.0 Å². The molecule has 0 aliphatic rings. The Bertz CT molecular complexity index is 843. The fourth-order valence-corrected chi connectivity index (χ4v) is 2.60. The van der Waals surface area contributed by atoms with Crippen molar-refractivity contribution >= 4 is 17.2 Å². The topological polar surface area (TPSA) is 60.4 Å². The molecule has 0 radical (unpaired) electrons. The van der Waals surface area contributed by atoms with Crippen molar-refractivity contribution in [3.8, 4) is 11.5 Å². The summed E-state index contributed by atoms with van der Waals surface area (Å²) in [7, 11) is 1.84. The molecule has 0 fully saturated rings. The molecule has 1 aromatic carbocycles. The summed E-state index contributed by atoms with van der Waals surface area (Å²) in [6, 6.07) is 9.47. The van der Waals surface area contributed by atoms with Crippen LogP contribution in [0.15, 0.2) is 51.3 Å². The molecule has 0 spiro atoms. The molecular weight excluding hydrogens is 286 g/mol. The minimum Gasteiger partial charge on any atom is -0.441 e. The standard InChI is InChI=1S/C15H13N3O2S/c1-10-12(13(19)17-15-18(2)8-9-21-15)16-14(20-10)11-6-4-3-5-7-11/h3-9H,1-2H3. The van der Waals surface area contributed by atoms with Crippen LogP contribution in [-0.2, 0) is 7.05 Å². The third-order valence-corrected chi connectivity index (χ3v) is 3.82. The maximum absolute atomic E-state index is 12.2. The number of aromatic nitrogens is 2. The average molecular weight is 299 g/mol. The van der Waals surface area contributed by atoms with Gasteiger partial charge in [0.1, 0.15) is 5.76 Å². The molecule has 0 aliphatic heterocycles. The van der Waals surface area contributed by atoms with Crippen molar-refractivity contribution in [3.63, 3.8) is 0 Å². The molecule has 0 atom stereocenters. The fourth-order valence-electron chi connectivity index (χ4n) is 1.87. The van der Waals surface area contributed by atoms with Gasteiger partial charge in [-0.1, -0.05) is 18.2 Å². The number of hydrogen-bond acceptors (Lipinski definition) is 4. The largest absolute Gasteiger partial charge is 0.441 e. The molecule has 5 nitrogen and oxygen atoms in total. The molecule has 0 saturated carbocycles. The zero-order chi connectivity index (χ0) is 14.8. The number of hydrogen-bond donors (Lipinski definition) is 0. The molecule has 2 aromatic heterocycles. The maximum atomic E-state index is 12.2. The van der Waals surface area contributed by atoms with E-state index in [2.05, 4.69) is 9.98 Å². The Balaban J connectivity index is 1.99. The summed E-state index contributed by atoms with van der Waals surface area (Å²) in [5.41, 5.74) is 1.09. The Kier molecular flexibility index (Phi) is 3.53. The number of amides is 1. The van der Waals surface area contributed by atoms with Crippen LogP contribution in [0.4, 0.5) is 0 Å². The number of carbonyl (C=O) groups is 1. The van der Waals surface area contributed by atoms with E-state index in [0.29, 0.717) is 16.5 Å². The Morgan fingerprint density at radius 1 is 1.33 bits per heavy atom. The van der Waals surface area contributed by atoms with Gasteiger partial charge < -0.3 is 8.98 Å². The van der Waals surface area contributed by atoms with Gasteiger partial charge in [0.05, 0.1) is 0 Å². The maximum Gasteiger partial charge on any atom is 0.301 e. The monoisotopic (exact) mass is 299 g/mol. The zero-order valence-electron chi connectivity index (χ0n) is 11.6. The van der Waals surface area contributed by atoms with Gasteiger partial charge in [0.25, 0.3) is 0 Å². The molecule has 6 heteroatoms. The summed E-state index contributed by atoms with van der Waals surface area (Å²) in [6.07, 6.45) is 1.85. The summed E-state index contributed by atoms with van der Waals surface area (Å²) in [6.45, 7) is 1.72. The Hall–Kier alpha value is -2.47. The van der Waals surface area contributed by atoms with Crippen LogP contribution >= 0.6 is 11.3 Å². The smallest absolute Gasteiger partial charge is 0.301 e. The van der Waals surface area contributed by atoms with Crippen LogP contribution in [0, 0.1) is 6.92 Å². The summed E-state index contributed by atoms with van der Waals surface area (Å²) in [5, 5.41) is 1.87. The first-order valence-electron chi connectivity index (χ1n) is 6.37. The highest BCUT2D eigenvalue weighted by Gasteiger charge is 2.17. The van der Waals surface area contributed by atoms with Crippen LogP contribution in [0.25, 0.3) is 11.5 Å². The molecule has 0 aliphatic carbocycles. The van der Waals surface area contributed by atoms with Crippen molar-refractivity contribution in [1.82, 2.24) is 9.55 Å². The highest BCUT2D eigenvalue weighted by atomic mass is 32.1. The van der Waals surface area contributed by atoms with Crippen molar-refractivity contribution in [2.24, 2.45) is 12.0 Å². The Labute approximate surface area is 125 Å². The molecule has 0 bridgehead atoms. The van der Waals surface area contributed by atoms with Crippen molar-refractivity contribution in [2.45, 2.75) is 6.92 Å². The van der Waals surface area contributed by atoms with Gasteiger partial charge in [-0.05, 0) is 19.1 Å². The van der Waals surface area contributed by atoms with Gasteiger partial charge >= 0.3 is 5.91 Å². The van der Waals surface area contributed by atoms with Gasteiger partial charge in [-0.3, -0.25) is 4.79 Å². The van der Waals surface area contributed by atoms with E-state index >= 15 is 0 Å². The number of rotatable bonds is 2. The number of thiazole rings is 1. The summed E-state index contributed by atoms with van der Waals surface area (Å²) < 4.78 is 7.36. The van der Waals surface area contributed by atoms with Crippen LogP contribution in [-0.4, -0.2) is 15.5 Å². The van der Waals surface area contributed by atoms with E-state index in [0.717, 1.165) is 5.56 Å². The first-order chi connectivity index (χ1) is 10.1. The highest BCUT2D eigenvalue weighted by Crippen LogP contribution is 2.21. The van der Waals surface area contributed by atoms with Crippen LogP contribution in [0.1, 0.15) is 16.2 Å². The van der Waals surface area contributed by atoms with E-state index in [4.69, 9.17) is 4.42 Å². The summed E-state index contributed by atoms with van der Waals surface area (Å²) >= 11 is 1.40. The van der Waals surface area contributed by atoms with Crippen LogP contribution in [0.3, 0.4) is 0 Å². The molecule has 3 rings (SSSR count). The van der Waals surface area contributed by atoms with E-state index in [1.54, 1.807) is 11.5 Å². The third kappa shape index (κ3) is 2.71. The number of nitrogens with zero attached hydrogens (tertiary/aromatic N) is 3. The van der Waals surface area contributed by atoms with Gasteiger partial charge in [0.2, 0.25) is 5.89 Å². The Morgan fingerprint density at radius 3 is 2.76 bits per heavy atom. The SMILES string of the molecule is Cc1oc(-c2ccccc2)nc1C(=O)N=c1sccn1C. The summed E-state index contributed by atoms with van der Waals surface area (Å²) in [5.74, 6) is 0.514. The molecule has 3 aromatic rings. The van der Waals surface area contributed by atoms with Gasteiger partial charge in [0.15, 0.2) is 10.5 Å². The minimum atomic E-state index is -0.392. The zero-order valence-corrected chi connectivity index (χ0v) is 12.4. The number of oxazole rings is 1. The average Bonchev–Trinajstić information content (AvgIpc) is 3.06. The fraction of sp³-hybridized carbons (Fsp3) is 0.133.